The average molecular weight is 557 g/mol. The Bertz CT molecular complexity index is 1420. The molecule has 0 bridgehead atoms. The Morgan fingerprint density at radius 3 is 2.32 bits per heavy atom. The van der Waals surface area contributed by atoms with Crippen LogP contribution in [0.3, 0.4) is 0 Å². The van der Waals surface area contributed by atoms with Gasteiger partial charge in [-0.15, -0.1) is 0 Å². The number of rotatable bonds is 5. The molecule has 0 unspecified atom stereocenters. The highest BCUT2D eigenvalue weighted by atomic mass is 35.5. The van der Waals surface area contributed by atoms with Crippen LogP contribution in [0.1, 0.15) is 21.6 Å². The van der Waals surface area contributed by atoms with Crippen molar-refractivity contribution >= 4 is 34.8 Å². The van der Waals surface area contributed by atoms with E-state index in [4.69, 9.17) is 21.6 Å². The first-order chi connectivity index (χ1) is 17.8. The summed E-state index contributed by atoms with van der Waals surface area (Å²) in [4.78, 5) is 19.3. The minimum atomic E-state index is -4.94. The van der Waals surface area contributed by atoms with Gasteiger partial charge in [0.25, 0.3) is 5.91 Å². The number of nitriles is 1. The van der Waals surface area contributed by atoms with E-state index in [9.17, 15) is 31.1 Å². The molecule has 38 heavy (non-hydrogen) atoms. The highest BCUT2D eigenvalue weighted by molar-refractivity contribution is 6.31. The monoisotopic (exact) mass is 556 g/mol. The summed E-state index contributed by atoms with van der Waals surface area (Å²) in [7, 11) is 1.37. The Kier molecular flexibility index (Phi) is 8.32. The van der Waals surface area contributed by atoms with Crippen molar-refractivity contribution in [3.8, 4) is 17.7 Å². The molecular weight excluding hydrogens is 542 g/mol. The van der Waals surface area contributed by atoms with Gasteiger partial charge in [0.2, 0.25) is 5.96 Å². The van der Waals surface area contributed by atoms with Crippen molar-refractivity contribution in [2.75, 3.05) is 12.4 Å². The maximum absolute atomic E-state index is 13.8. The molecule has 1 heterocycles. The number of guanidine groups is 1. The molecule has 0 fully saturated rings. The molecule has 8 nitrogen and oxygen atoms in total. The van der Waals surface area contributed by atoms with Crippen LogP contribution in [0.15, 0.2) is 59.7 Å². The molecule has 15 heteroatoms. The second-order valence-electron chi connectivity index (χ2n) is 7.25. The van der Waals surface area contributed by atoms with Gasteiger partial charge in [0.05, 0.1) is 21.8 Å². The zero-order valence-corrected chi connectivity index (χ0v) is 19.8. The van der Waals surface area contributed by atoms with Crippen molar-refractivity contribution in [2.24, 2.45) is 4.99 Å². The molecule has 0 aliphatic carbocycles. The van der Waals surface area contributed by atoms with Crippen LogP contribution < -0.4 is 20.7 Å². The summed E-state index contributed by atoms with van der Waals surface area (Å²) in [6.45, 7) is 0. The number of nitrogens with one attached hydrogen (secondary N) is 3. The normalized spacial score (nSPS) is 11.9. The largest absolute Gasteiger partial charge is 0.457 e. The van der Waals surface area contributed by atoms with E-state index in [1.807, 2.05) is 5.32 Å². The highest BCUT2D eigenvalue weighted by Gasteiger charge is 2.35. The van der Waals surface area contributed by atoms with Gasteiger partial charge < -0.3 is 15.4 Å². The lowest BCUT2D eigenvalue weighted by Gasteiger charge is -2.15. The number of nitrogens with zero attached hydrogens (tertiary/aromatic N) is 3. The fraction of sp³-hybridized carbons (Fsp3) is 0.130. The molecule has 3 rings (SSSR count). The van der Waals surface area contributed by atoms with E-state index in [0.29, 0.717) is 12.1 Å². The molecule has 0 saturated heterocycles. The van der Waals surface area contributed by atoms with Crippen LogP contribution in [0.4, 0.5) is 37.7 Å². The van der Waals surface area contributed by atoms with Crippen molar-refractivity contribution in [1.82, 2.24) is 15.6 Å². The van der Waals surface area contributed by atoms with Gasteiger partial charge in [-0.1, -0.05) is 11.6 Å². The van der Waals surface area contributed by atoms with E-state index in [-0.39, 0.29) is 22.9 Å². The van der Waals surface area contributed by atoms with Crippen molar-refractivity contribution in [1.29, 1.82) is 5.26 Å². The smallest absolute Gasteiger partial charge is 0.418 e. The first kappa shape index (κ1) is 28.1. The molecule has 0 radical (unpaired) electrons. The second-order valence-corrected chi connectivity index (χ2v) is 7.66. The molecule has 1 aromatic heterocycles. The predicted octanol–water partition coefficient (Wildman–Crippen LogP) is 6.09. The van der Waals surface area contributed by atoms with E-state index in [2.05, 4.69) is 20.6 Å². The third-order valence-corrected chi connectivity index (χ3v) is 4.97. The number of benzene rings is 2. The summed E-state index contributed by atoms with van der Waals surface area (Å²) in [6.07, 6.45) is -7.06. The van der Waals surface area contributed by atoms with E-state index in [1.54, 1.807) is 0 Å². The third-order valence-electron chi connectivity index (χ3n) is 4.64. The minimum Gasteiger partial charge on any atom is -0.457 e. The molecule has 0 atom stereocenters. The lowest BCUT2D eigenvalue weighted by atomic mass is 10.1. The van der Waals surface area contributed by atoms with Crippen molar-refractivity contribution in [2.45, 2.75) is 12.4 Å². The molecule has 1 amide bonds. The lowest BCUT2D eigenvalue weighted by Crippen LogP contribution is -2.26. The number of aliphatic imine (C=N–C) groups is 1. The van der Waals surface area contributed by atoms with E-state index in [0.717, 1.165) is 24.3 Å². The molecule has 3 N–H and O–H groups in total. The molecule has 0 aliphatic heterocycles. The number of pyridine rings is 1. The first-order valence-corrected chi connectivity index (χ1v) is 10.6. The van der Waals surface area contributed by atoms with Crippen molar-refractivity contribution < 1.29 is 35.9 Å². The molecule has 198 valence electrons. The van der Waals surface area contributed by atoms with Gasteiger partial charge in [-0.05, 0) is 42.5 Å². The minimum absolute atomic E-state index is 0.0275. The highest BCUT2D eigenvalue weighted by Crippen LogP contribution is 2.40. The number of hydrogen-bond acceptors (Lipinski definition) is 5. The summed E-state index contributed by atoms with van der Waals surface area (Å²) in [6, 6.07) is 7.91. The number of hydrogen-bond donors (Lipinski definition) is 3. The first-order valence-electron chi connectivity index (χ1n) is 10.3. The number of aromatic nitrogens is 1. The number of alkyl halides is 6. The quantitative estimate of drug-likeness (QED) is 0.115. The Hall–Kier alpha value is -4.51. The topological polar surface area (TPSA) is 111 Å². The van der Waals surface area contributed by atoms with Gasteiger partial charge >= 0.3 is 12.4 Å². The van der Waals surface area contributed by atoms with Gasteiger partial charge in [-0.2, -0.15) is 31.6 Å². The van der Waals surface area contributed by atoms with Gasteiger partial charge in [-0.3, -0.25) is 15.1 Å². The van der Waals surface area contributed by atoms with Crippen LogP contribution in [0, 0.1) is 11.5 Å². The molecule has 0 saturated carbocycles. The SMILES string of the molecule is CNC(=O)c1cc(Oc2ccc(N=C(NC#N)Nc3ccc(Cl)c(C(F)(F)F)c3)c(C(F)(F)F)c2)ccn1. The van der Waals surface area contributed by atoms with Gasteiger partial charge in [-0.25, -0.2) is 4.99 Å². The molecule has 0 spiro atoms. The van der Waals surface area contributed by atoms with Crippen LogP contribution in [0.25, 0.3) is 0 Å². The average Bonchev–Trinajstić information content (AvgIpc) is 2.84. The van der Waals surface area contributed by atoms with Crippen LogP contribution in [-0.4, -0.2) is 23.9 Å². The standard InChI is InChI=1S/C23H15ClF6N6O2/c1-32-20(37)19-10-14(6-7-33-19)38-13-3-5-18(16(9-13)23(28,29)30)36-21(34-11-31)35-12-2-4-17(24)15(8-12)22(25,26)27/h2-10H,1H3,(H,32,37)(H2,34,35,36). The van der Waals surface area contributed by atoms with Crippen molar-refractivity contribution in [3.05, 3.63) is 76.6 Å². The van der Waals surface area contributed by atoms with E-state index < -0.39 is 46.1 Å². The molecule has 2 aromatic carbocycles. The van der Waals surface area contributed by atoms with Crippen molar-refractivity contribution in [3.63, 3.8) is 0 Å². The van der Waals surface area contributed by atoms with Gasteiger partial charge in [0.1, 0.15) is 17.2 Å². The van der Waals surface area contributed by atoms with Crippen LogP contribution >= 0.6 is 11.6 Å². The summed E-state index contributed by atoms with van der Waals surface area (Å²) >= 11 is 5.58. The number of amides is 1. The molecular formula is C23H15ClF6N6O2. The summed E-state index contributed by atoms with van der Waals surface area (Å²) in [5, 5.41) is 15.1. The van der Waals surface area contributed by atoms with Crippen LogP contribution in [0.2, 0.25) is 5.02 Å². The zero-order chi connectivity index (χ0) is 28.1. The van der Waals surface area contributed by atoms with Crippen LogP contribution in [0.5, 0.6) is 11.5 Å². The fourth-order valence-corrected chi connectivity index (χ4v) is 3.21. The number of anilines is 1. The molecule has 3 aromatic rings. The number of ether oxygens (including phenoxy) is 1. The Morgan fingerprint density at radius 2 is 1.68 bits per heavy atom. The van der Waals surface area contributed by atoms with E-state index in [1.165, 1.54) is 31.6 Å². The Balaban J connectivity index is 1.97. The predicted molar refractivity (Wildman–Crippen MR) is 125 cm³/mol. The Morgan fingerprint density at radius 1 is 1.00 bits per heavy atom. The third kappa shape index (κ3) is 7.04. The lowest BCUT2D eigenvalue weighted by molar-refractivity contribution is -0.138. The maximum Gasteiger partial charge on any atom is 0.418 e. The number of carbonyl (C=O) groups excluding carboxylic acids is 1. The number of halogens is 7. The van der Waals surface area contributed by atoms with Gasteiger partial charge in [0.15, 0.2) is 6.19 Å². The Labute approximate surface area is 215 Å². The van der Waals surface area contributed by atoms with Gasteiger partial charge in [0, 0.05) is 25.0 Å². The zero-order valence-electron chi connectivity index (χ0n) is 19.0. The summed E-state index contributed by atoms with van der Waals surface area (Å²) < 4.78 is 86.4. The summed E-state index contributed by atoms with van der Waals surface area (Å²) in [5.41, 5.74) is -3.44. The number of carbonyl (C=O) groups is 1. The fourth-order valence-electron chi connectivity index (χ4n) is 2.98. The van der Waals surface area contributed by atoms with E-state index >= 15 is 0 Å². The maximum atomic E-state index is 13.8. The second kappa shape index (κ2) is 11.3. The molecule has 0 aliphatic rings. The summed E-state index contributed by atoms with van der Waals surface area (Å²) in [5.74, 6) is -1.36. The van der Waals surface area contributed by atoms with Crippen LogP contribution in [-0.2, 0) is 12.4 Å².